The number of rotatable bonds is 5. The predicted octanol–water partition coefficient (Wildman–Crippen LogP) is 5.00. The van der Waals surface area contributed by atoms with E-state index < -0.39 is 0 Å². The van der Waals surface area contributed by atoms with Gasteiger partial charge in [0, 0.05) is 25.2 Å². The molecule has 0 atom stereocenters. The Morgan fingerprint density at radius 1 is 1.06 bits per heavy atom. The SMILES string of the molecule is COC(=O)CC1CCC(OC(=O)N2CCc3cc(NC(=O)Nc4ccc(Cl)nc4)ccc3C2)CC1. The van der Waals surface area contributed by atoms with Crippen molar-refractivity contribution in [2.45, 2.75) is 51.2 Å². The summed E-state index contributed by atoms with van der Waals surface area (Å²) in [5.41, 5.74) is 3.32. The third-order valence-electron chi connectivity index (χ3n) is 6.46. The number of hydrogen-bond donors (Lipinski definition) is 2. The van der Waals surface area contributed by atoms with Crippen LogP contribution >= 0.6 is 11.6 Å². The Balaban J connectivity index is 1.25. The number of carbonyl (C=O) groups excluding carboxylic acids is 3. The van der Waals surface area contributed by atoms with Gasteiger partial charge in [0.2, 0.25) is 0 Å². The third-order valence-corrected chi connectivity index (χ3v) is 6.69. The van der Waals surface area contributed by atoms with Crippen molar-refractivity contribution in [2.24, 2.45) is 5.92 Å². The van der Waals surface area contributed by atoms with Crippen LogP contribution in [0, 0.1) is 5.92 Å². The number of halogens is 1. The van der Waals surface area contributed by atoms with Crippen molar-refractivity contribution >= 4 is 41.1 Å². The number of benzene rings is 1. The number of ether oxygens (including phenoxy) is 2. The number of urea groups is 1. The van der Waals surface area contributed by atoms with E-state index in [-0.39, 0.29) is 24.2 Å². The number of fused-ring (bicyclic) bond motifs is 1. The van der Waals surface area contributed by atoms with Crippen LogP contribution in [-0.4, -0.2) is 47.7 Å². The Morgan fingerprint density at radius 3 is 2.51 bits per heavy atom. The van der Waals surface area contributed by atoms with Gasteiger partial charge >= 0.3 is 18.1 Å². The van der Waals surface area contributed by atoms with E-state index in [2.05, 4.69) is 15.6 Å². The lowest BCUT2D eigenvalue weighted by Gasteiger charge is -2.32. The van der Waals surface area contributed by atoms with Crippen LogP contribution in [0.3, 0.4) is 0 Å². The van der Waals surface area contributed by atoms with Crippen LogP contribution in [0.5, 0.6) is 0 Å². The zero-order valence-corrected chi connectivity index (χ0v) is 20.3. The summed E-state index contributed by atoms with van der Waals surface area (Å²) in [4.78, 5) is 42.1. The van der Waals surface area contributed by atoms with E-state index in [1.807, 2.05) is 18.2 Å². The van der Waals surface area contributed by atoms with Gasteiger partial charge in [-0.05, 0) is 73.4 Å². The van der Waals surface area contributed by atoms with Gasteiger partial charge in [-0.15, -0.1) is 0 Å². The molecule has 3 amide bonds. The number of nitrogens with one attached hydrogen (secondary N) is 2. The monoisotopic (exact) mass is 500 g/mol. The Morgan fingerprint density at radius 2 is 1.80 bits per heavy atom. The summed E-state index contributed by atoms with van der Waals surface area (Å²) in [5, 5.41) is 5.88. The first-order chi connectivity index (χ1) is 16.9. The Bertz CT molecular complexity index is 1070. The number of carbonyl (C=O) groups is 3. The van der Waals surface area contributed by atoms with Crippen LogP contribution in [0.25, 0.3) is 0 Å². The van der Waals surface area contributed by atoms with Gasteiger partial charge in [0.25, 0.3) is 0 Å². The molecular formula is C25H29ClN4O5. The molecule has 2 heterocycles. The minimum Gasteiger partial charge on any atom is -0.469 e. The minimum atomic E-state index is -0.378. The summed E-state index contributed by atoms with van der Waals surface area (Å²) < 4.78 is 10.5. The number of nitrogens with zero attached hydrogens (tertiary/aromatic N) is 2. The quantitative estimate of drug-likeness (QED) is 0.442. The molecule has 0 saturated heterocycles. The molecule has 1 fully saturated rings. The zero-order chi connectivity index (χ0) is 24.8. The van der Waals surface area contributed by atoms with E-state index in [1.165, 1.54) is 13.3 Å². The fourth-order valence-electron chi connectivity index (χ4n) is 4.52. The van der Waals surface area contributed by atoms with Crippen molar-refractivity contribution < 1.29 is 23.9 Å². The van der Waals surface area contributed by atoms with Gasteiger partial charge in [0.05, 0.1) is 19.0 Å². The molecule has 186 valence electrons. The molecule has 2 N–H and O–H groups in total. The molecule has 1 saturated carbocycles. The van der Waals surface area contributed by atoms with Gasteiger partial charge in [-0.2, -0.15) is 0 Å². The molecule has 4 rings (SSSR count). The smallest absolute Gasteiger partial charge is 0.410 e. The fraction of sp³-hybridized carbons (Fsp3) is 0.440. The van der Waals surface area contributed by atoms with Gasteiger partial charge in [0.15, 0.2) is 0 Å². The molecule has 2 aromatic rings. The largest absolute Gasteiger partial charge is 0.469 e. The Kier molecular flexibility index (Phi) is 8.07. The molecule has 1 aliphatic carbocycles. The van der Waals surface area contributed by atoms with Crippen molar-refractivity contribution in [3.05, 3.63) is 52.8 Å². The zero-order valence-electron chi connectivity index (χ0n) is 19.6. The second-order valence-corrected chi connectivity index (χ2v) is 9.30. The van der Waals surface area contributed by atoms with Crippen molar-refractivity contribution in [2.75, 3.05) is 24.3 Å². The predicted molar refractivity (Wildman–Crippen MR) is 131 cm³/mol. The molecule has 1 aromatic heterocycles. The summed E-state index contributed by atoms with van der Waals surface area (Å²) in [7, 11) is 1.40. The van der Waals surface area contributed by atoms with E-state index in [1.54, 1.807) is 17.0 Å². The average Bonchev–Trinajstić information content (AvgIpc) is 2.86. The van der Waals surface area contributed by atoms with E-state index in [0.717, 1.165) is 36.8 Å². The van der Waals surface area contributed by atoms with Gasteiger partial charge in [-0.25, -0.2) is 14.6 Å². The summed E-state index contributed by atoms with van der Waals surface area (Å²) in [5.74, 6) is 0.113. The highest BCUT2D eigenvalue weighted by Gasteiger charge is 2.29. The first-order valence-electron chi connectivity index (χ1n) is 11.7. The molecule has 2 aliphatic rings. The van der Waals surface area contributed by atoms with Crippen LogP contribution in [0.2, 0.25) is 5.15 Å². The normalized spacial score (nSPS) is 19.3. The summed E-state index contributed by atoms with van der Waals surface area (Å²) in [6.45, 7) is 1.02. The maximum absolute atomic E-state index is 12.7. The molecule has 35 heavy (non-hydrogen) atoms. The molecule has 0 spiro atoms. The summed E-state index contributed by atoms with van der Waals surface area (Å²) >= 11 is 5.76. The number of amides is 3. The van der Waals surface area contributed by atoms with Crippen molar-refractivity contribution in [3.8, 4) is 0 Å². The number of pyridine rings is 1. The first kappa shape index (κ1) is 24.8. The molecule has 1 aromatic carbocycles. The topological polar surface area (TPSA) is 110 Å². The van der Waals surface area contributed by atoms with Crippen molar-refractivity contribution in [1.82, 2.24) is 9.88 Å². The highest BCUT2D eigenvalue weighted by molar-refractivity contribution is 6.29. The second-order valence-electron chi connectivity index (χ2n) is 8.91. The molecular weight excluding hydrogens is 472 g/mol. The molecule has 0 bridgehead atoms. The minimum absolute atomic E-state index is 0.112. The Labute approximate surface area is 209 Å². The summed E-state index contributed by atoms with van der Waals surface area (Å²) in [6, 6.07) is 8.56. The number of esters is 1. The van der Waals surface area contributed by atoms with Crippen LogP contribution < -0.4 is 10.6 Å². The lowest BCUT2D eigenvalue weighted by atomic mass is 9.85. The summed E-state index contributed by atoms with van der Waals surface area (Å²) in [6.07, 6.45) is 5.41. The average molecular weight is 501 g/mol. The fourth-order valence-corrected chi connectivity index (χ4v) is 4.63. The van der Waals surface area contributed by atoms with Crippen molar-refractivity contribution in [1.29, 1.82) is 0 Å². The van der Waals surface area contributed by atoms with E-state index in [4.69, 9.17) is 21.1 Å². The maximum atomic E-state index is 12.7. The van der Waals surface area contributed by atoms with E-state index in [0.29, 0.717) is 48.4 Å². The second kappa shape index (κ2) is 11.4. The number of aromatic nitrogens is 1. The van der Waals surface area contributed by atoms with Crippen LogP contribution in [-0.2, 0) is 27.2 Å². The molecule has 9 nitrogen and oxygen atoms in total. The third kappa shape index (κ3) is 6.85. The van der Waals surface area contributed by atoms with Gasteiger partial charge < -0.3 is 25.0 Å². The van der Waals surface area contributed by atoms with Gasteiger partial charge in [-0.3, -0.25) is 4.79 Å². The van der Waals surface area contributed by atoms with Crippen LogP contribution in [0.15, 0.2) is 36.5 Å². The molecule has 0 radical (unpaired) electrons. The molecule has 0 unspecified atom stereocenters. The standard InChI is InChI=1S/C25H29ClN4O5/c1-34-23(31)12-16-2-7-21(8-3-16)35-25(33)30-11-10-17-13-19(5-4-18(17)15-30)28-24(32)29-20-6-9-22(26)27-14-20/h4-6,9,13-14,16,21H,2-3,7-8,10-12,15H2,1H3,(H2,28,29,32). The van der Waals surface area contributed by atoms with E-state index >= 15 is 0 Å². The van der Waals surface area contributed by atoms with E-state index in [9.17, 15) is 14.4 Å². The molecule has 10 heteroatoms. The number of hydrogen-bond acceptors (Lipinski definition) is 6. The number of anilines is 2. The highest BCUT2D eigenvalue weighted by atomic mass is 35.5. The Hall–Kier alpha value is -3.33. The van der Waals surface area contributed by atoms with Crippen LogP contribution in [0.1, 0.15) is 43.2 Å². The molecule has 1 aliphatic heterocycles. The highest BCUT2D eigenvalue weighted by Crippen LogP contribution is 2.30. The van der Waals surface area contributed by atoms with Crippen molar-refractivity contribution in [3.63, 3.8) is 0 Å². The lowest BCUT2D eigenvalue weighted by Crippen LogP contribution is -2.39. The maximum Gasteiger partial charge on any atom is 0.410 e. The first-order valence-corrected chi connectivity index (χ1v) is 12.1. The lowest BCUT2D eigenvalue weighted by molar-refractivity contribution is -0.142. The van der Waals surface area contributed by atoms with Crippen LogP contribution in [0.4, 0.5) is 21.0 Å². The van der Waals surface area contributed by atoms with Gasteiger partial charge in [-0.1, -0.05) is 17.7 Å². The number of methoxy groups -OCH3 is 1. The van der Waals surface area contributed by atoms with Gasteiger partial charge in [0.1, 0.15) is 11.3 Å².